The molecule has 0 saturated carbocycles. The molecule has 78 valence electrons. The van der Waals surface area contributed by atoms with Crippen LogP contribution < -0.4 is 0 Å². The van der Waals surface area contributed by atoms with Gasteiger partial charge in [-0.15, -0.1) is 0 Å². The number of rotatable bonds is 5. The van der Waals surface area contributed by atoms with E-state index in [1.54, 1.807) is 0 Å². The highest BCUT2D eigenvalue weighted by Crippen LogP contribution is 2.15. The largest absolute Gasteiger partial charge is 0.396 e. The van der Waals surface area contributed by atoms with Crippen molar-refractivity contribution in [3.05, 3.63) is 0 Å². The second kappa shape index (κ2) is 4.73. The van der Waals surface area contributed by atoms with E-state index in [0.717, 1.165) is 0 Å². The summed E-state index contributed by atoms with van der Waals surface area (Å²) in [6, 6.07) is 0. The molecule has 1 amide bonds. The maximum absolute atomic E-state index is 10.3. The van der Waals surface area contributed by atoms with Gasteiger partial charge >= 0.3 is 0 Å². The van der Waals surface area contributed by atoms with Crippen molar-refractivity contribution in [1.29, 1.82) is 0 Å². The van der Waals surface area contributed by atoms with E-state index in [9.17, 15) is 10.0 Å². The van der Waals surface area contributed by atoms with Crippen molar-refractivity contribution in [3.8, 4) is 0 Å². The van der Waals surface area contributed by atoms with Crippen LogP contribution in [0.2, 0.25) is 19.6 Å². The Morgan fingerprint density at radius 2 is 1.85 bits per heavy atom. The fourth-order valence-corrected chi connectivity index (χ4v) is 2.02. The molecule has 0 spiro atoms. The van der Waals surface area contributed by atoms with Crippen LogP contribution in [0.5, 0.6) is 0 Å². The van der Waals surface area contributed by atoms with E-state index in [1.165, 1.54) is 0 Å². The van der Waals surface area contributed by atoms with Crippen LogP contribution in [-0.4, -0.2) is 31.2 Å². The zero-order valence-electron chi connectivity index (χ0n) is 8.94. The van der Waals surface area contributed by atoms with Crippen molar-refractivity contribution in [2.45, 2.75) is 39.7 Å². The lowest BCUT2D eigenvalue weighted by atomic mass is 10.2. The Balaban J connectivity index is 4.35. The van der Waals surface area contributed by atoms with Crippen LogP contribution in [0.25, 0.3) is 0 Å². The molecule has 0 saturated heterocycles. The van der Waals surface area contributed by atoms with Gasteiger partial charge in [0.25, 0.3) is 0 Å². The Morgan fingerprint density at radius 3 is 2.08 bits per heavy atom. The SMILES string of the molecule is CC(C)C(O[Si](C)(C)C)N(O)C=O. The molecular weight excluding hydrogens is 186 g/mol. The van der Waals surface area contributed by atoms with Gasteiger partial charge in [0.15, 0.2) is 8.32 Å². The monoisotopic (exact) mass is 205 g/mol. The van der Waals surface area contributed by atoms with Gasteiger partial charge in [-0.3, -0.25) is 10.0 Å². The first-order valence-electron chi connectivity index (χ1n) is 4.38. The molecule has 0 heterocycles. The molecule has 13 heavy (non-hydrogen) atoms. The predicted molar refractivity (Wildman–Crippen MR) is 52.7 cm³/mol. The first kappa shape index (κ1) is 12.6. The molecule has 0 aliphatic carbocycles. The Hall–Kier alpha value is -0.393. The molecule has 0 fully saturated rings. The Morgan fingerprint density at radius 1 is 1.38 bits per heavy atom. The van der Waals surface area contributed by atoms with Gasteiger partial charge in [0, 0.05) is 0 Å². The fraction of sp³-hybridized carbons (Fsp3) is 0.875. The molecule has 0 aromatic carbocycles. The summed E-state index contributed by atoms with van der Waals surface area (Å²) < 4.78 is 5.64. The van der Waals surface area contributed by atoms with Gasteiger partial charge in [-0.2, -0.15) is 5.06 Å². The number of carbonyl (C=O) groups excluding carboxylic acids is 1. The van der Waals surface area contributed by atoms with Gasteiger partial charge < -0.3 is 4.43 Å². The number of carbonyl (C=O) groups is 1. The minimum absolute atomic E-state index is 0.0851. The van der Waals surface area contributed by atoms with Crippen molar-refractivity contribution in [3.63, 3.8) is 0 Å². The van der Waals surface area contributed by atoms with Crippen LogP contribution >= 0.6 is 0 Å². The molecule has 0 radical (unpaired) electrons. The summed E-state index contributed by atoms with van der Waals surface area (Å²) in [6.45, 7) is 9.85. The van der Waals surface area contributed by atoms with Gasteiger partial charge in [0.2, 0.25) is 6.41 Å². The zero-order chi connectivity index (χ0) is 10.6. The summed E-state index contributed by atoms with van der Waals surface area (Å²) in [4.78, 5) is 10.3. The summed E-state index contributed by atoms with van der Waals surface area (Å²) in [5, 5.41) is 9.81. The fourth-order valence-electron chi connectivity index (χ4n) is 0.918. The Bertz CT molecular complexity index is 167. The summed E-state index contributed by atoms with van der Waals surface area (Å²) >= 11 is 0. The van der Waals surface area contributed by atoms with Crippen LogP contribution in [0.3, 0.4) is 0 Å². The van der Waals surface area contributed by atoms with Crippen molar-refractivity contribution in [2.24, 2.45) is 5.92 Å². The van der Waals surface area contributed by atoms with E-state index in [2.05, 4.69) is 0 Å². The Kier molecular flexibility index (Phi) is 4.59. The van der Waals surface area contributed by atoms with E-state index in [1.807, 2.05) is 33.5 Å². The first-order chi connectivity index (χ1) is 5.78. The van der Waals surface area contributed by atoms with Crippen molar-refractivity contribution in [2.75, 3.05) is 0 Å². The average molecular weight is 205 g/mol. The van der Waals surface area contributed by atoms with Gasteiger partial charge in [-0.1, -0.05) is 13.8 Å². The quantitative estimate of drug-likeness (QED) is 0.244. The van der Waals surface area contributed by atoms with Gasteiger partial charge in [0.05, 0.1) is 0 Å². The number of hydrogen-bond acceptors (Lipinski definition) is 3. The molecule has 0 aliphatic rings. The third-order valence-electron chi connectivity index (χ3n) is 1.41. The van der Waals surface area contributed by atoms with Crippen LogP contribution in [-0.2, 0) is 9.22 Å². The number of nitrogens with zero attached hydrogens (tertiary/aromatic N) is 1. The number of hydroxylamine groups is 2. The lowest BCUT2D eigenvalue weighted by Gasteiger charge is -2.32. The highest BCUT2D eigenvalue weighted by Gasteiger charge is 2.27. The minimum atomic E-state index is -1.72. The van der Waals surface area contributed by atoms with Crippen LogP contribution in [0, 0.1) is 5.92 Å². The second-order valence-corrected chi connectivity index (χ2v) is 8.81. The molecule has 1 unspecified atom stereocenters. The van der Waals surface area contributed by atoms with Crippen LogP contribution in [0.1, 0.15) is 13.8 Å². The summed E-state index contributed by atoms with van der Waals surface area (Å²) in [5.74, 6) is 0.0851. The first-order valence-corrected chi connectivity index (χ1v) is 7.79. The smallest absolute Gasteiger partial charge is 0.235 e. The topological polar surface area (TPSA) is 49.8 Å². The minimum Gasteiger partial charge on any atom is -0.396 e. The maximum atomic E-state index is 10.3. The predicted octanol–water partition coefficient (Wildman–Crippen LogP) is 1.67. The van der Waals surface area contributed by atoms with Crippen molar-refractivity contribution < 1.29 is 14.4 Å². The van der Waals surface area contributed by atoms with Crippen molar-refractivity contribution >= 4 is 14.7 Å². The molecular formula is C8H19NO3Si. The molecule has 1 N–H and O–H groups in total. The van der Waals surface area contributed by atoms with Gasteiger partial charge in [-0.05, 0) is 25.6 Å². The van der Waals surface area contributed by atoms with Crippen molar-refractivity contribution in [1.82, 2.24) is 5.06 Å². The maximum Gasteiger partial charge on any atom is 0.235 e. The van der Waals surface area contributed by atoms with E-state index in [0.29, 0.717) is 11.5 Å². The molecule has 0 aliphatic heterocycles. The lowest BCUT2D eigenvalue weighted by molar-refractivity contribution is -0.196. The zero-order valence-corrected chi connectivity index (χ0v) is 9.94. The lowest BCUT2D eigenvalue weighted by Crippen LogP contribution is -2.44. The summed E-state index contributed by atoms with van der Waals surface area (Å²) in [7, 11) is -1.72. The van der Waals surface area contributed by atoms with E-state index in [4.69, 9.17) is 4.43 Å². The standard InChI is InChI=1S/C8H19NO3Si/c1-7(2)8(9(11)6-10)12-13(3,4)5/h6-8,11H,1-5H3. The molecule has 4 nitrogen and oxygen atoms in total. The average Bonchev–Trinajstić information content (AvgIpc) is 1.96. The number of amides is 1. The van der Waals surface area contributed by atoms with Gasteiger partial charge in [-0.25, -0.2) is 0 Å². The molecule has 1 atom stereocenters. The van der Waals surface area contributed by atoms with E-state index >= 15 is 0 Å². The molecule has 0 aromatic rings. The van der Waals surface area contributed by atoms with Crippen LogP contribution in [0.4, 0.5) is 0 Å². The summed E-state index contributed by atoms with van der Waals surface area (Å²) in [6.07, 6.45) is -0.144. The number of hydrogen-bond donors (Lipinski definition) is 1. The Labute approximate surface area is 80.6 Å². The second-order valence-electron chi connectivity index (χ2n) is 4.35. The highest BCUT2D eigenvalue weighted by atomic mass is 28.4. The molecule has 0 aromatic heterocycles. The molecule has 0 rings (SSSR count). The van der Waals surface area contributed by atoms with E-state index < -0.39 is 14.5 Å². The third-order valence-corrected chi connectivity index (χ3v) is 2.36. The molecule has 0 bridgehead atoms. The highest BCUT2D eigenvalue weighted by molar-refractivity contribution is 6.69. The third kappa shape index (κ3) is 5.02. The summed E-state index contributed by atoms with van der Waals surface area (Å²) in [5.41, 5.74) is 0. The van der Waals surface area contributed by atoms with Gasteiger partial charge in [0.1, 0.15) is 6.23 Å². The van der Waals surface area contributed by atoms with E-state index in [-0.39, 0.29) is 5.92 Å². The normalized spacial score (nSPS) is 14.4. The van der Waals surface area contributed by atoms with Crippen LogP contribution in [0.15, 0.2) is 0 Å². The molecule has 5 heteroatoms.